The fourth-order valence-corrected chi connectivity index (χ4v) is 2.75. The Morgan fingerprint density at radius 1 is 1.42 bits per heavy atom. The van der Waals surface area contributed by atoms with Crippen molar-refractivity contribution in [2.45, 2.75) is 19.4 Å². The summed E-state index contributed by atoms with van der Waals surface area (Å²) >= 11 is 0. The van der Waals surface area contributed by atoms with Gasteiger partial charge in [0, 0.05) is 37.1 Å². The molecule has 0 aliphatic carbocycles. The molecule has 0 radical (unpaired) electrons. The molecule has 1 fully saturated rings. The highest BCUT2D eigenvalue weighted by atomic mass is 16.5. The summed E-state index contributed by atoms with van der Waals surface area (Å²) in [4.78, 5) is 18.2. The number of likely N-dealkylation sites (tertiary alicyclic amines) is 1. The van der Waals surface area contributed by atoms with Crippen LogP contribution in [0, 0.1) is 6.92 Å². The fraction of sp³-hybridized carbons (Fsp3) is 0.333. The van der Waals surface area contributed by atoms with E-state index in [-0.39, 0.29) is 12.1 Å². The molecule has 1 aliphatic rings. The van der Waals surface area contributed by atoms with E-state index >= 15 is 0 Å². The van der Waals surface area contributed by atoms with Gasteiger partial charge in [-0.3, -0.25) is 5.32 Å². The van der Waals surface area contributed by atoms with Crippen LogP contribution in [0.2, 0.25) is 0 Å². The van der Waals surface area contributed by atoms with Crippen molar-refractivity contribution in [1.82, 2.24) is 24.7 Å². The van der Waals surface area contributed by atoms with Crippen molar-refractivity contribution >= 4 is 23.3 Å². The molecular formula is C15H17N7O2. The molecule has 0 spiro atoms. The van der Waals surface area contributed by atoms with Gasteiger partial charge in [-0.1, -0.05) is 5.16 Å². The third-order valence-corrected chi connectivity index (χ3v) is 4.05. The van der Waals surface area contributed by atoms with Crippen LogP contribution in [0.5, 0.6) is 0 Å². The van der Waals surface area contributed by atoms with Crippen molar-refractivity contribution in [1.29, 1.82) is 0 Å². The lowest BCUT2D eigenvalue weighted by Crippen LogP contribution is -2.35. The number of fused-ring (bicyclic) bond motifs is 1. The molecule has 4 rings (SSSR count). The predicted octanol–water partition coefficient (Wildman–Crippen LogP) is 1.74. The smallest absolute Gasteiger partial charge is 0.323 e. The maximum atomic E-state index is 12.3. The van der Waals surface area contributed by atoms with Crippen LogP contribution in [-0.2, 0) is 0 Å². The van der Waals surface area contributed by atoms with Crippen molar-refractivity contribution < 1.29 is 9.32 Å². The molecule has 0 aromatic carbocycles. The number of imidazole rings is 1. The van der Waals surface area contributed by atoms with Crippen molar-refractivity contribution in [3.8, 4) is 0 Å². The first-order valence-electron chi connectivity index (χ1n) is 7.73. The van der Waals surface area contributed by atoms with Gasteiger partial charge < -0.3 is 14.7 Å². The minimum Gasteiger partial charge on any atom is -0.364 e. The summed E-state index contributed by atoms with van der Waals surface area (Å²) in [6.45, 7) is 3.11. The molecule has 2 N–H and O–H groups in total. The second-order valence-corrected chi connectivity index (χ2v) is 5.80. The zero-order valence-corrected chi connectivity index (χ0v) is 13.1. The highest BCUT2D eigenvalue weighted by molar-refractivity contribution is 5.89. The van der Waals surface area contributed by atoms with Crippen molar-refractivity contribution in [3.63, 3.8) is 0 Å². The standard InChI is InChI=1S/C15H17N7O2/c1-10-9-24-20-14(10)18-15(23)21-6-4-11(8-21)17-12-2-3-13-16-5-7-22(13)19-12/h2-3,5,7,9,11H,4,6,8H2,1H3,(H,17,19)(H,18,20,23). The van der Waals surface area contributed by atoms with E-state index in [0.717, 1.165) is 23.4 Å². The van der Waals surface area contributed by atoms with E-state index in [0.29, 0.717) is 18.9 Å². The first-order chi connectivity index (χ1) is 11.7. The summed E-state index contributed by atoms with van der Waals surface area (Å²) in [5.41, 5.74) is 1.60. The number of rotatable bonds is 3. The van der Waals surface area contributed by atoms with Crippen LogP contribution >= 0.6 is 0 Å². The van der Waals surface area contributed by atoms with Crippen LogP contribution < -0.4 is 10.6 Å². The lowest BCUT2D eigenvalue weighted by molar-refractivity contribution is 0.222. The van der Waals surface area contributed by atoms with Crippen molar-refractivity contribution in [2.24, 2.45) is 0 Å². The van der Waals surface area contributed by atoms with E-state index in [4.69, 9.17) is 4.52 Å². The SMILES string of the molecule is Cc1conc1NC(=O)N1CCC(Nc2ccc3nccn3n2)C1. The van der Waals surface area contributed by atoms with Crippen LogP contribution in [0.25, 0.3) is 5.65 Å². The first kappa shape index (κ1) is 14.5. The van der Waals surface area contributed by atoms with Crippen LogP contribution in [0.15, 0.2) is 35.3 Å². The molecule has 4 heterocycles. The second-order valence-electron chi connectivity index (χ2n) is 5.80. The van der Waals surface area contributed by atoms with Gasteiger partial charge in [-0.25, -0.2) is 14.3 Å². The molecule has 0 saturated carbocycles. The van der Waals surface area contributed by atoms with Gasteiger partial charge in [-0.15, -0.1) is 5.10 Å². The number of anilines is 2. The van der Waals surface area contributed by atoms with E-state index in [1.807, 2.05) is 19.1 Å². The number of amides is 2. The van der Waals surface area contributed by atoms with E-state index in [1.54, 1.807) is 21.8 Å². The molecule has 1 atom stereocenters. The van der Waals surface area contributed by atoms with Gasteiger partial charge in [0.25, 0.3) is 0 Å². The average molecular weight is 327 g/mol. The number of carbonyl (C=O) groups excluding carboxylic acids is 1. The Morgan fingerprint density at radius 3 is 3.17 bits per heavy atom. The molecule has 1 unspecified atom stereocenters. The molecule has 0 bridgehead atoms. The maximum absolute atomic E-state index is 12.3. The first-order valence-corrected chi connectivity index (χ1v) is 7.73. The number of aromatic nitrogens is 4. The third kappa shape index (κ3) is 2.75. The Morgan fingerprint density at radius 2 is 2.33 bits per heavy atom. The Hall–Kier alpha value is -3.10. The molecule has 1 aliphatic heterocycles. The van der Waals surface area contributed by atoms with Crippen LogP contribution in [0.1, 0.15) is 12.0 Å². The lowest BCUT2D eigenvalue weighted by atomic mass is 10.2. The summed E-state index contributed by atoms with van der Waals surface area (Å²) in [6, 6.07) is 3.78. The van der Waals surface area contributed by atoms with Gasteiger partial charge in [0.15, 0.2) is 11.5 Å². The normalized spacial score (nSPS) is 17.4. The molecule has 3 aromatic rings. The Balaban J connectivity index is 1.37. The molecule has 24 heavy (non-hydrogen) atoms. The van der Waals surface area contributed by atoms with Gasteiger partial charge in [-0.2, -0.15) is 0 Å². The Labute approximate surface area is 137 Å². The number of hydrogen-bond acceptors (Lipinski definition) is 6. The topological polar surface area (TPSA) is 101 Å². The summed E-state index contributed by atoms with van der Waals surface area (Å²) < 4.78 is 6.54. The summed E-state index contributed by atoms with van der Waals surface area (Å²) in [5, 5.41) is 14.3. The zero-order valence-electron chi connectivity index (χ0n) is 13.1. The number of aryl methyl sites for hydroxylation is 1. The number of carbonyl (C=O) groups is 1. The van der Waals surface area contributed by atoms with Crippen LogP contribution in [0.3, 0.4) is 0 Å². The highest BCUT2D eigenvalue weighted by Crippen LogP contribution is 2.17. The largest absolute Gasteiger partial charge is 0.364 e. The van der Waals surface area contributed by atoms with Gasteiger partial charge in [-0.05, 0) is 25.5 Å². The lowest BCUT2D eigenvalue weighted by Gasteiger charge is -2.17. The fourth-order valence-electron chi connectivity index (χ4n) is 2.75. The van der Waals surface area contributed by atoms with Crippen molar-refractivity contribution in [3.05, 3.63) is 36.4 Å². The summed E-state index contributed by atoms with van der Waals surface area (Å²) in [5.74, 6) is 1.23. The number of nitrogens with one attached hydrogen (secondary N) is 2. The van der Waals surface area contributed by atoms with E-state index in [9.17, 15) is 4.79 Å². The summed E-state index contributed by atoms with van der Waals surface area (Å²) in [6.07, 6.45) is 5.87. The van der Waals surface area contributed by atoms with Crippen LogP contribution in [-0.4, -0.2) is 49.8 Å². The molecule has 9 heteroatoms. The zero-order chi connectivity index (χ0) is 16.5. The van der Waals surface area contributed by atoms with E-state index < -0.39 is 0 Å². The quantitative estimate of drug-likeness (QED) is 0.760. The highest BCUT2D eigenvalue weighted by Gasteiger charge is 2.27. The molecule has 124 valence electrons. The van der Waals surface area contributed by atoms with E-state index in [1.165, 1.54) is 6.26 Å². The number of nitrogens with zero attached hydrogens (tertiary/aromatic N) is 5. The van der Waals surface area contributed by atoms with Gasteiger partial charge in [0.05, 0.1) is 0 Å². The Bertz CT molecular complexity index is 871. The second kappa shape index (κ2) is 5.84. The minimum atomic E-state index is -0.172. The third-order valence-electron chi connectivity index (χ3n) is 4.05. The van der Waals surface area contributed by atoms with Gasteiger partial charge >= 0.3 is 6.03 Å². The molecular weight excluding hydrogens is 310 g/mol. The summed E-state index contributed by atoms with van der Waals surface area (Å²) in [7, 11) is 0. The number of hydrogen-bond donors (Lipinski definition) is 2. The van der Waals surface area contributed by atoms with E-state index in [2.05, 4.69) is 25.9 Å². The molecule has 3 aromatic heterocycles. The predicted molar refractivity (Wildman–Crippen MR) is 86.8 cm³/mol. The van der Waals surface area contributed by atoms with Gasteiger partial charge in [0.1, 0.15) is 12.1 Å². The monoisotopic (exact) mass is 327 g/mol. The maximum Gasteiger partial charge on any atom is 0.323 e. The number of urea groups is 1. The van der Waals surface area contributed by atoms with Crippen LogP contribution in [0.4, 0.5) is 16.4 Å². The minimum absolute atomic E-state index is 0.155. The van der Waals surface area contributed by atoms with Crippen molar-refractivity contribution in [2.75, 3.05) is 23.7 Å². The average Bonchev–Trinajstić information content (AvgIpc) is 3.29. The molecule has 9 nitrogen and oxygen atoms in total. The molecule has 2 amide bonds. The Kier molecular flexibility index (Phi) is 3.52. The molecule has 1 saturated heterocycles. The van der Waals surface area contributed by atoms with Gasteiger partial charge in [0.2, 0.25) is 0 Å².